The second-order valence-corrected chi connectivity index (χ2v) is 3.23. The van der Waals surface area contributed by atoms with Gasteiger partial charge < -0.3 is 25.1 Å². The number of methoxy groups -OCH3 is 1. The fourth-order valence-electron chi connectivity index (χ4n) is 1.06. The van der Waals surface area contributed by atoms with Crippen molar-refractivity contribution in [1.29, 1.82) is 0 Å². The Bertz CT molecular complexity index is 341. The molecule has 0 aliphatic rings. The third kappa shape index (κ3) is 5.27. The van der Waals surface area contributed by atoms with Gasteiger partial charge in [0.25, 0.3) is 0 Å². The maximum absolute atomic E-state index is 11.3. The number of aromatic nitrogens is 2. The third-order valence-electron chi connectivity index (χ3n) is 1.82. The summed E-state index contributed by atoms with van der Waals surface area (Å²) in [5.74, 6) is 0.310. The molecule has 0 bridgehead atoms. The van der Waals surface area contributed by atoms with E-state index in [0.717, 1.165) is 0 Å². The van der Waals surface area contributed by atoms with Crippen molar-refractivity contribution in [3.8, 4) is 0 Å². The second kappa shape index (κ2) is 7.58. The monoisotopic (exact) mass is 243 g/mol. The number of nitrogens with zero attached hydrogens (tertiary/aromatic N) is 2. The summed E-state index contributed by atoms with van der Waals surface area (Å²) in [6, 6.07) is 0.233. The van der Waals surface area contributed by atoms with E-state index in [0.29, 0.717) is 25.6 Å². The molecule has 96 valence electrons. The molecule has 1 heterocycles. The summed E-state index contributed by atoms with van der Waals surface area (Å²) in [6.45, 7) is 1.55. The topological polar surface area (TPSA) is 101 Å². The van der Waals surface area contributed by atoms with Gasteiger partial charge in [0.2, 0.25) is 11.8 Å². The standard InChI is InChI=1S/C9H17N5O3/c1-10-6-8-13-14-9(17-8)12-5-7(15)11-3-4-16-2/h10H,3-6H2,1-2H3,(H,11,15)(H,12,14). The van der Waals surface area contributed by atoms with Crippen LogP contribution < -0.4 is 16.0 Å². The average Bonchev–Trinajstić information content (AvgIpc) is 2.75. The van der Waals surface area contributed by atoms with Crippen LogP contribution in [0.1, 0.15) is 5.89 Å². The number of rotatable bonds is 8. The summed E-state index contributed by atoms with van der Waals surface area (Å²) in [5, 5.41) is 15.8. The molecule has 0 atom stereocenters. The van der Waals surface area contributed by atoms with Gasteiger partial charge in [0, 0.05) is 13.7 Å². The first-order valence-electron chi connectivity index (χ1n) is 5.22. The summed E-state index contributed by atoms with van der Waals surface area (Å²) in [6.07, 6.45) is 0. The van der Waals surface area contributed by atoms with E-state index in [9.17, 15) is 4.79 Å². The number of hydrogen-bond donors (Lipinski definition) is 3. The Balaban J connectivity index is 2.22. The molecule has 0 saturated carbocycles. The van der Waals surface area contributed by atoms with Gasteiger partial charge in [-0.25, -0.2) is 0 Å². The fraction of sp³-hybridized carbons (Fsp3) is 0.667. The predicted molar refractivity (Wildman–Crippen MR) is 60.4 cm³/mol. The Hall–Kier alpha value is -1.67. The summed E-state index contributed by atoms with van der Waals surface area (Å²) < 4.78 is 10.0. The lowest BCUT2D eigenvalue weighted by Gasteiger charge is -2.03. The molecule has 17 heavy (non-hydrogen) atoms. The van der Waals surface area contributed by atoms with Gasteiger partial charge in [-0.3, -0.25) is 4.79 Å². The van der Waals surface area contributed by atoms with Crippen LogP contribution in [-0.4, -0.2) is 50.0 Å². The van der Waals surface area contributed by atoms with Crippen molar-refractivity contribution in [2.24, 2.45) is 0 Å². The highest BCUT2D eigenvalue weighted by Gasteiger charge is 2.06. The Morgan fingerprint density at radius 2 is 2.29 bits per heavy atom. The first-order valence-corrected chi connectivity index (χ1v) is 5.22. The number of ether oxygens (including phenoxy) is 1. The first kappa shape index (κ1) is 13.4. The minimum absolute atomic E-state index is 0.0882. The molecule has 1 rings (SSSR count). The van der Waals surface area contributed by atoms with E-state index in [1.165, 1.54) is 0 Å². The van der Waals surface area contributed by atoms with Crippen LogP contribution in [0.5, 0.6) is 0 Å². The third-order valence-corrected chi connectivity index (χ3v) is 1.82. The summed E-state index contributed by atoms with van der Waals surface area (Å²) in [5.41, 5.74) is 0. The first-order chi connectivity index (χ1) is 8.26. The van der Waals surface area contributed by atoms with Crippen molar-refractivity contribution in [2.75, 3.05) is 39.2 Å². The van der Waals surface area contributed by atoms with E-state index >= 15 is 0 Å². The van der Waals surface area contributed by atoms with Gasteiger partial charge in [0.05, 0.1) is 19.7 Å². The highest BCUT2D eigenvalue weighted by molar-refractivity contribution is 5.79. The Morgan fingerprint density at radius 3 is 3.00 bits per heavy atom. The zero-order valence-electron chi connectivity index (χ0n) is 9.95. The SMILES string of the molecule is CNCc1nnc(NCC(=O)NCCOC)o1. The summed E-state index contributed by atoms with van der Waals surface area (Å²) in [4.78, 5) is 11.3. The van der Waals surface area contributed by atoms with Gasteiger partial charge in [-0.15, -0.1) is 5.10 Å². The van der Waals surface area contributed by atoms with E-state index in [2.05, 4.69) is 26.1 Å². The molecular formula is C9H17N5O3. The van der Waals surface area contributed by atoms with Crippen molar-refractivity contribution >= 4 is 11.9 Å². The van der Waals surface area contributed by atoms with E-state index < -0.39 is 0 Å². The van der Waals surface area contributed by atoms with Crippen molar-refractivity contribution in [3.63, 3.8) is 0 Å². The van der Waals surface area contributed by atoms with E-state index in [1.54, 1.807) is 14.2 Å². The van der Waals surface area contributed by atoms with E-state index in [-0.39, 0.29) is 18.5 Å². The predicted octanol–water partition coefficient (Wildman–Crippen LogP) is -1.04. The molecule has 0 radical (unpaired) electrons. The molecule has 0 unspecified atom stereocenters. The van der Waals surface area contributed by atoms with Crippen LogP contribution in [0.4, 0.5) is 6.01 Å². The molecular weight excluding hydrogens is 226 g/mol. The molecule has 8 heteroatoms. The maximum atomic E-state index is 11.3. The van der Waals surface area contributed by atoms with Crippen molar-refractivity contribution in [3.05, 3.63) is 5.89 Å². The quantitative estimate of drug-likeness (QED) is 0.501. The normalized spacial score (nSPS) is 10.2. The average molecular weight is 243 g/mol. The van der Waals surface area contributed by atoms with Crippen LogP contribution in [-0.2, 0) is 16.1 Å². The number of carbonyl (C=O) groups is 1. The van der Waals surface area contributed by atoms with Gasteiger partial charge >= 0.3 is 6.01 Å². The van der Waals surface area contributed by atoms with Gasteiger partial charge in [-0.2, -0.15) is 0 Å². The number of carbonyl (C=O) groups excluding carboxylic acids is 1. The molecule has 8 nitrogen and oxygen atoms in total. The lowest BCUT2D eigenvalue weighted by Crippen LogP contribution is -2.32. The van der Waals surface area contributed by atoms with E-state index in [4.69, 9.17) is 9.15 Å². The van der Waals surface area contributed by atoms with Crippen LogP contribution in [0.25, 0.3) is 0 Å². The molecule has 0 aliphatic heterocycles. The lowest BCUT2D eigenvalue weighted by atomic mass is 10.5. The van der Waals surface area contributed by atoms with E-state index in [1.807, 2.05) is 0 Å². The van der Waals surface area contributed by atoms with Gasteiger partial charge in [-0.05, 0) is 7.05 Å². The summed E-state index contributed by atoms with van der Waals surface area (Å²) >= 11 is 0. The molecule has 3 N–H and O–H groups in total. The summed E-state index contributed by atoms with van der Waals surface area (Å²) in [7, 11) is 3.35. The minimum atomic E-state index is -0.157. The van der Waals surface area contributed by atoms with Crippen LogP contribution in [0, 0.1) is 0 Å². The van der Waals surface area contributed by atoms with Gasteiger partial charge in [0.15, 0.2) is 0 Å². The Labute approximate surface area is 99.1 Å². The molecule has 1 aromatic heterocycles. The zero-order valence-corrected chi connectivity index (χ0v) is 9.95. The number of hydrogen-bond acceptors (Lipinski definition) is 7. The molecule has 1 aromatic rings. The zero-order chi connectivity index (χ0) is 12.5. The molecule has 0 aromatic carbocycles. The smallest absolute Gasteiger partial charge is 0.315 e. The number of nitrogens with one attached hydrogen (secondary N) is 3. The number of amides is 1. The number of anilines is 1. The highest BCUT2D eigenvalue weighted by atomic mass is 16.5. The Kier molecular flexibility index (Phi) is 5.97. The highest BCUT2D eigenvalue weighted by Crippen LogP contribution is 2.03. The molecule has 1 amide bonds. The minimum Gasteiger partial charge on any atom is -0.407 e. The van der Waals surface area contributed by atoms with Crippen LogP contribution >= 0.6 is 0 Å². The molecule has 0 saturated heterocycles. The maximum Gasteiger partial charge on any atom is 0.315 e. The molecule has 0 fully saturated rings. The van der Waals surface area contributed by atoms with Gasteiger partial charge in [0.1, 0.15) is 0 Å². The van der Waals surface area contributed by atoms with Crippen LogP contribution in [0.2, 0.25) is 0 Å². The van der Waals surface area contributed by atoms with Crippen molar-refractivity contribution in [2.45, 2.75) is 6.54 Å². The van der Waals surface area contributed by atoms with Gasteiger partial charge in [-0.1, -0.05) is 5.10 Å². The molecule has 0 aliphatic carbocycles. The fourth-order valence-corrected chi connectivity index (χ4v) is 1.06. The largest absolute Gasteiger partial charge is 0.407 e. The van der Waals surface area contributed by atoms with Crippen molar-refractivity contribution in [1.82, 2.24) is 20.8 Å². The van der Waals surface area contributed by atoms with Crippen LogP contribution in [0.3, 0.4) is 0 Å². The van der Waals surface area contributed by atoms with Crippen molar-refractivity contribution < 1.29 is 13.9 Å². The van der Waals surface area contributed by atoms with Crippen LogP contribution in [0.15, 0.2) is 4.42 Å². The lowest BCUT2D eigenvalue weighted by molar-refractivity contribution is -0.119. The molecule has 0 spiro atoms. The second-order valence-electron chi connectivity index (χ2n) is 3.23. The Morgan fingerprint density at radius 1 is 1.47 bits per heavy atom.